The van der Waals surface area contributed by atoms with E-state index >= 15 is 0 Å². The number of rotatable bonds is 8. The summed E-state index contributed by atoms with van der Waals surface area (Å²) in [6.07, 6.45) is 1.54. The highest BCUT2D eigenvalue weighted by Gasteiger charge is 2.56. The van der Waals surface area contributed by atoms with Gasteiger partial charge in [-0.15, -0.1) is 18.3 Å². The number of amides is 1. The molecule has 7 heteroatoms. The van der Waals surface area contributed by atoms with Crippen molar-refractivity contribution in [3.8, 4) is 0 Å². The number of thioether (sulfide) groups is 1. The highest BCUT2D eigenvalue weighted by Crippen LogP contribution is 2.46. The Morgan fingerprint density at radius 2 is 2.38 bits per heavy atom. The fourth-order valence-corrected chi connectivity index (χ4v) is 3.91. The predicted octanol–water partition coefficient (Wildman–Crippen LogP) is 0.403. The van der Waals surface area contributed by atoms with Crippen LogP contribution in [-0.4, -0.2) is 58.0 Å². The first-order valence-electron chi connectivity index (χ1n) is 6.91. The number of nitrogens with zero attached hydrogens (tertiary/aromatic N) is 1. The van der Waals surface area contributed by atoms with Crippen LogP contribution in [0.25, 0.3) is 0 Å². The van der Waals surface area contributed by atoms with E-state index in [4.69, 9.17) is 0 Å². The van der Waals surface area contributed by atoms with E-state index in [-0.39, 0.29) is 17.6 Å². The fourth-order valence-electron chi connectivity index (χ4n) is 2.81. The van der Waals surface area contributed by atoms with Gasteiger partial charge in [0.2, 0.25) is 5.91 Å². The van der Waals surface area contributed by atoms with Gasteiger partial charge in [-0.3, -0.25) is 4.79 Å². The molecule has 0 saturated carbocycles. The number of carbonyl (C=O) groups is 2. The summed E-state index contributed by atoms with van der Waals surface area (Å²) < 4.78 is 0. The first-order chi connectivity index (χ1) is 9.99. The maximum Gasteiger partial charge on any atom is 0.353 e. The van der Waals surface area contributed by atoms with Gasteiger partial charge in [-0.2, -0.15) is 0 Å². The molecular weight excluding hydrogens is 292 g/mol. The number of carboxylic acids is 1. The Hall–Kier alpha value is -1.31. The quantitative estimate of drug-likeness (QED) is 0.341. The highest BCUT2D eigenvalue weighted by molar-refractivity contribution is 8.03. The minimum absolute atomic E-state index is 0.0932. The first-order valence-corrected chi connectivity index (χ1v) is 7.89. The van der Waals surface area contributed by atoms with Crippen molar-refractivity contribution < 1.29 is 19.8 Å². The summed E-state index contributed by atoms with van der Waals surface area (Å²) in [6, 6.07) is -0.202. The van der Waals surface area contributed by atoms with E-state index in [2.05, 4.69) is 11.9 Å². The van der Waals surface area contributed by atoms with Crippen LogP contribution in [-0.2, 0) is 9.59 Å². The molecular formula is C14H20N2O4S. The number of nitrogens with one attached hydrogen (secondary N) is 1. The molecule has 0 aromatic carbocycles. The third kappa shape index (κ3) is 3.00. The lowest BCUT2D eigenvalue weighted by Gasteiger charge is -2.44. The molecule has 0 bridgehead atoms. The van der Waals surface area contributed by atoms with Crippen molar-refractivity contribution in [2.24, 2.45) is 5.92 Å². The van der Waals surface area contributed by atoms with Crippen LogP contribution in [0.4, 0.5) is 0 Å². The molecule has 0 radical (unpaired) electrons. The van der Waals surface area contributed by atoms with Crippen LogP contribution < -0.4 is 5.32 Å². The van der Waals surface area contributed by atoms with Crippen LogP contribution in [0.3, 0.4) is 0 Å². The summed E-state index contributed by atoms with van der Waals surface area (Å²) in [5.74, 6) is -1.10. The number of fused-ring (bicyclic) bond motifs is 1. The first kappa shape index (κ1) is 16.1. The van der Waals surface area contributed by atoms with Gasteiger partial charge in [0.05, 0.1) is 18.1 Å². The predicted molar refractivity (Wildman–Crippen MR) is 80.6 cm³/mol. The molecule has 21 heavy (non-hydrogen) atoms. The summed E-state index contributed by atoms with van der Waals surface area (Å²) in [5.41, 5.74) is 0.0932. The number of carboxylic acid groups (broad SMARTS) is 1. The number of aliphatic carboxylic acids is 1. The van der Waals surface area contributed by atoms with Gasteiger partial charge in [0.15, 0.2) is 0 Å². The molecule has 0 unspecified atom stereocenters. The molecule has 6 nitrogen and oxygen atoms in total. The van der Waals surface area contributed by atoms with Crippen molar-refractivity contribution in [1.82, 2.24) is 10.2 Å². The second-order valence-electron chi connectivity index (χ2n) is 5.16. The fraction of sp³-hybridized carbons (Fsp3) is 0.571. The minimum Gasteiger partial charge on any atom is -0.477 e. The van der Waals surface area contributed by atoms with Gasteiger partial charge in [0.25, 0.3) is 0 Å². The standard InChI is InChI=1S/C14H20N2O4S/c1-3-4-15-5-6-21-10-7-9-11(8(2)17)13(18)16(9)12(10)14(19)20/h3,8-9,11,15,17H,1,4-7H2,2H3,(H,19,20)/t8-,9-,11-/m1/s1. The van der Waals surface area contributed by atoms with Crippen molar-refractivity contribution in [3.05, 3.63) is 23.3 Å². The normalized spacial score (nSPS) is 25.6. The second kappa shape index (κ2) is 6.64. The van der Waals surface area contributed by atoms with Gasteiger partial charge in [0, 0.05) is 30.2 Å². The van der Waals surface area contributed by atoms with Crippen molar-refractivity contribution in [2.45, 2.75) is 25.5 Å². The molecule has 1 saturated heterocycles. The summed E-state index contributed by atoms with van der Waals surface area (Å²) in [6.45, 7) is 6.63. The number of carbonyl (C=O) groups excluding carboxylic acids is 1. The number of aliphatic hydroxyl groups excluding tert-OH is 1. The van der Waals surface area contributed by atoms with Crippen LogP contribution in [0.5, 0.6) is 0 Å². The molecule has 2 aliphatic heterocycles. The van der Waals surface area contributed by atoms with Crippen molar-refractivity contribution >= 4 is 23.6 Å². The van der Waals surface area contributed by atoms with E-state index in [1.165, 1.54) is 16.7 Å². The average molecular weight is 312 g/mol. The SMILES string of the molecule is C=CCNCCSC1=C(C(=O)O)N2C(=O)[C@H]([C@@H](C)O)[C@H]2C1. The Morgan fingerprint density at radius 3 is 2.95 bits per heavy atom. The molecule has 3 N–H and O–H groups in total. The number of β-lactam (4-membered cyclic amide) rings is 1. The van der Waals surface area contributed by atoms with Gasteiger partial charge in [-0.1, -0.05) is 6.08 Å². The van der Waals surface area contributed by atoms with E-state index in [0.29, 0.717) is 13.0 Å². The van der Waals surface area contributed by atoms with E-state index in [9.17, 15) is 19.8 Å². The molecule has 0 aromatic rings. The van der Waals surface area contributed by atoms with Crippen LogP contribution in [0.15, 0.2) is 23.3 Å². The van der Waals surface area contributed by atoms with Gasteiger partial charge >= 0.3 is 5.97 Å². The maximum absolute atomic E-state index is 12.0. The number of aliphatic hydroxyl groups is 1. The van der Waals surface area contributed by atoms with E-state index in [1.807, 2.05) is 0 Å². The Labute approximate surface area is 127 Å². The lowest BCUT2D eigenvalue weighted by atomic mass is 9.83. The monoisotopic (exact) mass is 312 g/mol. The van der Waals surface area contributed by atoms with Crippen molar-refractivity contribution in [2.75, 3.05) is 18.8 Å². The third-order valence-electron chi connectivity index (χ3n) is 3.73. The highest BCUT2D eigenvalue weighted by atomic mass is 32.2. The van der Waals surface area contributed by atoms with Crippen LogP contribution >= 0.6 is 11.8 Å². The Balaban J connectivity index is 2.01. The third-order valence-corrected chi connectivity index (χ3v) is 4.85. The zero-order valence-electron chi connectivity index (χ0n) is 11.9. The van der Waals surface area contributed by atoms with Crippen LogP contribution in [0, 0.1) is 5.92 Å². The minimum atomic E-state index is -1.07. The van der Waals surface area contributed by atoms with Crippen LogP contribution in [0.2, 0.25) is 0 Å². The van der Waals surface area contributed by atoms with E-state index in [1.54, 1.807) is 13.0 Å². The zero-order valence-corrected chi connectivity index (χ0v) is 12.7. The topological polar surface area (TPSA) is 89.9 Å². The zero-order chi connectivity index (χ0) is 15.6. The molecule has 1 amide bonds. The largest absolute Gasteiger partial charge is 0.477 e. The summed E-state index contributed by atoms with van der Waals surface area (Å²) in [5, 5.41) is 22.1. The van der Waals surface area contributed by atoms with Crippen molar-refractivity contribution in [3.63, 3.8) is 0 Å². The molecule has 2 aliphatic rings. The van der Waals surface area contributed by atoms with Crippen molar-refractivity contribution in [1.29, 1.82) is 0 Å². The summed E-state index contributed by atoms with van der Waals surface area (Å²) >= 11 is 1.46. The summed E-state index contributed by atoms with van der Waals surface area (Å²) in [7, 11) is 0. The van der Waals surface area contributed by atoms with Gasteiger partial charge in [-0.05, 0) is 6.92 Å². The van der Waals surface area contributed by atoms with Gasteiger partial charge < -0.3 is 20.4 Å². The van der Waals surface area contributed by atoms with E-state index < -0.39 is 18.0 Å². The number of hydrogen-bond acceptors (Lipinski definition) is 5. The Bertz CT molecular complexity index is 489. The molecule has 3 atom stereocenters. The van der Waals surface area contributed by atoms with Gasteiger partial charge in [-0.25, -0.2) is 4.79 Å². The second-order valence-corrected chi connectivity index (χ2v) is 6.35. The molecule has 2 rings (SSSR count). The molecule has 0 aromatic heterocycles. The lowest BCUT2D eigenvalue weighted by molar-refractivity contribution is -0.161. The Kier molecular flexibility index (Phi) is 5.08. The molecule has 0 spiro atoms. The number of hydrogen-bond donors (Lipinski definition) is 3. The smallest absolute Gasteiger partial charge is 0.353 e. The van der Waals surface area contributed by atoms with Crippen LogP contribution in [0.1, 0.15) is 13.3 Å². The van der Waals surface area contributed by atoms with E-state index in [0.717, 1.165) is 17.2 Å². The molecule has 116 valence electrons. The molecule has 1 fully saturated rings. The molecule has 2 heterocycles. The Morgan fingerprint density at radius 1 is 1.67 bits per heavy atom. The lowest BCUT2D eigenvalue weighted by Crippen LogP contribution is -2.61. The van der Waals surface area contributed by atoms with Gasteiger partial charge in [0.1, 0.15) is 5.70 Å². The summed E-state index contributed by atoms with van der Waals surface area (Å²) in [4.78, 5) is 25.5. The molecule has 0 aliphatic carbocycles. The average Bonchev–Trinajstić information content (AvgIpc) is 2.72. The maximum atomic E-state index is 12.0.